The molecule has 0 aromatic heterocycles. The summed E-state index contributed by atoms with van der Waals surface area (Å²) in [5.74, 6) is 0. The van der Waals surface area contributed by atoms with Gasteiger partial charge in [0, 0.05) is 20.1 Å². The molecule has 56 valence electrons. The van der Waals surface area contributed by atoms with E-state index < -0.39 is 0 Å². The molecule has 0 saturated carbocycles. The van der Waals surface area contributed by atoms with Crippen LogP contribution < -0.4 is 0 Å². The van der Waals surface area contributed by atoms with E-state index in [9.17, 15) is 0 Å². The van der Waals surface area contributed by atoms with Gasteiger partial charge in [-0.1, -0.05) is 0 Å². The van der Waals surface area contributed by atoms with Crippen molar-refractivity contribution in [1.29, 1.82) is 5.26 Å². The molecule has 1 aliphatic rings. The highest BCUT2D eigenvalue weighted by Gasteiger charge is 2.12. The Balaban J connectivity index is 2.33. The Morgan fingerprint density at radius 3 is 2.60 bits per heavy atom. The maximum absolute atomic E-state index is 8.48. The molecule has 0 bridgehead atoms. The van der Waals surface area contributed by atoms with E-state index in [1.807, 2.05) is 11.2 Å². The van der Waals surface area contributed by atoms with Crippen LogP contribution in [0.5, 0.6) is 0 Å². The summed E-state index contributed by atoms with van der Waals surface area (Å²) in [4.78, 5) is 0. The molecular formula is C6H11N3O. The number of hydrogen-bond donors (Lipinski definition) is 0. The van der Waals surface area contributed by atoms with Crippen LogP contribution >= 0.6 is 0 Å². The van der Waals surface area contributed by atoms with E-state index in [0.717, 1.165) is 26.3 Å². The molecule has 0 radical (unpaired) electrons. The van der Waals surface area contributed by atoms with Crippen LogP contribution in [-0.2, 0) is 4.74 Å². The molecule has 1 aliphatic heterocycles. The van der Waals surface area contributed by atoms with Gasteiger partial charge in [0.25, 0.3) is 0 Å². The van der Waals surface area contributed by atoms with Crippen LogP contribution in [0.3, 0.4) is 0 Å². The van der Waals surface area contributed by atoms with Crippen molar-refractivity contribution in [3.05, 3.63) is 0 Å². The third kappa shape index (κ3) is 1.59. The van der Waals surface area contributed by atoms with Gasteiger partial charge in [0.2, 0.25) is 0 Å². The lowest BCUT2D eigenvalue weighted by atomic mass is 10.5. The average Bonchev–Trinajstić information content (AvgIpc) is 2.05. The Morgan fingerprint density at radius 2 is 2.10 bits per heavy atom. The number of rotatable bonds is 1. The van der Waals surface area contributed by atoms with Gasteiger partial charge in [-0.2, -0.15) is 5.26 Å². The molecule has 0 N–H and O–H groups in total. The molecule has 1 saturated heterocycles. The molecule has 1 fully saturated rings. The van der Waals surface area contributed by atoms with Crippen molar-refractivity contribution in [2.45, 2.75) is 0 Å². The van der Waals surface area contributed by atoms with Crippen molar-refractivity contribution < 1.29 is 4.74 Å². The van der Waals surface area contributed by atoms with Crippen molar-refractivity contribution in [3.63, 3.8) is 0 Å². The van der Waals surface area contributed by atoms with Crippen LogP contribution in [0, 0.1) is 11.5 Å². The van der Waals surface area contributed by atoms with E-state index in [-0.39, 0.29) is 0 Å². The SMILES string of the molecule is CN(C#N)N1CCOCC1. The fraction of sp³-hybridized carbons (Fsp3) is 0.833. The Bertz CT molecular complexity index is 136. The molecule has 0 aromatic rings. The summed E-state index contributed by atoms with van der Waals surface area (Å²) < 4.78 is 5.12. The van der Waals surface area contributed by atoms with Crippen LogP contribution in [-0.4, -0.2) is 43.4 Å². The number of morpholine rings is 1. The molecular weight excluding hydrogens is 130 g/mol. The molecule has 4 heteroatoms. The number of hydrogen-bond acceptors (Lipinski definition) is 4. The van der Waals surface area contributed by atoms with Crippen molar-refractivity contribution in [2.24, 2.45) is 0 Å². The van der Waals surface area contributed by atoms with E-state index in [1.165, 1.54) is 0 Å². The zero-order valence-electron chi connectivity index (χ0n) is 6.08. The molecule has 1 heterocycles. The van der Waals surface area contributed by atoms with Gasteiger partial charge >= 0.3 is 0 Å². The van der Waals surface area contributed by atoms with E-state index in [1.54, 1.807) is 12.1 Å². The van der Waals surface area contributed by atoms with Crippen LogP contribution in [0.4, 0.5) is 0 Å². The highest BCUT2D eigenvalue weighted by Crippen LogP contribution is 1.97. The van der Waals surface area contributed by atoms with Crippen LogP contribution in [0.1, 0.15) is 0 Å². The molecule has 0 aliphatic carbocycles. The average molecular weight is 141 g/mol. The monoisotopic (exact) mass is 141 g/mol. The molecule has 0 atom stereocenters. The Labute approximate surface area is 60.6 Å². The normalized spacial score (nSPS) is 20.0. The second-order valence-corrected chi connectivity index (χ2v) is 2.19. The van der Waals surface area contributed by atoms with Gasteiger partial charge in [-0.15, -0.1) is 0 Å². The first-order valence-electron chi connectivity index (χ1n) is 3.30. The number of nitrogens with zero attached hydrogens (tertiary/aromatic N) is 3. The van der Waals surface area contributed by atoms with Gasteiger partial charge in [-0.05, 0) is 0 Å². The largest absolute Gasteiger partial charge is 0.379 e. The maximum Gasteiger partial charge on any atom is 0.195 e. The second-order valence-electron chi connectivity index (χ2n) is 2.19. The van der Waals surface area contributed by atoms with E-state index in [0.29, 0.717) is 0 Å². The van der Waals surface area contributed by atoms with Crippen LogP contribution in [0.2, 0.25) is 0 Å². The summed E-state index contributed by atoms with van der Waals surface area (Å²) >= 11 is 0. The number of ether oxygens (including phenoxy) is 1. The van der Waals surface area contributed by atoms with Gasteiger partial charge < -0.3 is 4.74 Å². The van der Waals surface area contributed by atoms with Gasteiger partial charge in [0.1, 0.15) is 0 Å². The standard InChI is InChI=1S/C6H11N3O/c1-8(6-7)9-2-4-10-5-3-9/h2-5H2,1H3. The van der Waals surface area contributed by atoms with Gasteiger partial charge in [0.15, 0.2) is 6.19 Å². The first-order valence-corrected chi connectivity index (χ1v) is 3.30. The molecule has 0 aromatic carbocycles. The smallest absolute Gasteiger partial charge is 0.195 e. The zero-order chi connectivity index (χ0) is 7.40. The minimum atomic E-state index is 0.728. The third-order valence-corrected chi connectivity index (χ3v) is 1.56. The predicted molar refractivity (Wildman–Crippen MR) is 35.8 cm³/mol. The van der Waals surface area contributed by atoms with E-state index >= 15 is 0 Å². The lowest BCUT2D eigenvalue weighted by molar-refractivity contribution is -0.0454. The quantitative estimate of drug-likeness (QED) is 0.369. The first-order chi connectivity index (χ1) is 4.84. The highest BCUT2D eigenvalue weighted by atomic mass is 16.5. The summed E-state index contributed by atoms with van der Waals surface area (Å²) in [6, 6.07) is 0. The van der Waals surface area contributed by atoms with Crippen LogP contribution in [0.25, 0.3) is 0 Å². The van der Waals surface area contributed by atoms with Crippen molar-refractivity contribution in [2.75, 3.05) is 33.4 Å². The molecule has 0 spiro atoms. The second kappa shape index (κ2) is 3.40. The molecule has 1 rings (SSSR count). The summed E-state index contributed by atoms with van der Waals surface area (Å²) in [7, 11) is 1.76. The van der Waals surface area contributed by atoms with Gasteiger partial charge in [0.05, 0.1) is 13.2 Å². The Morgan fingerprint density at radius 1 is 1.50 bits per heavy atom. The van der Waals surface area contributed by atoms with Crippen molar-refractivity contribution >= 4 is 0 Å². The van der Waals surface area contributed by atoms with E-state index in [2.05, 4.69) is 0 Å². The third-order valence-electron chi connectivity index (χ3n) is 1.56. The molecule has 0 amide bonds. The Hall–Kier alpha value is -0.790. The van der Waals surface area contributed by atoms with Crippen molar-refractivity contribution in [3.8, 4) is 6.19 Å². The summed E-state index contributed by atoms with van der Waals surface area (Å²) in [5.41, 5.74) is 0. The maximum atomic E-state index is 8.48. The topological polar surface area (TPSA) is 39.5 Å². The lowest BCUT2D eigenvalue weighted by Gasteiger charge is -2.30. The van der Waals surface area contributed by atoms with Gasteiger partial charge in [-0.3, -0.25) is 0 Å². The molecule has 0 unspecified atom stereocenters. The first kappa shape index (κ1) is 7.32. The molecule has 10 heavy (non-hydrogen) atoms. The van der Waals surface area contributed by atoms with Gasteiger partial charge in [-0.25, -0.2) is 10.0 Å². The summed E-state index contributed by atoms with van der Waals surface area (Å²) in [6.07, 6.45) is 2.04. The summed E-state index contributed by atoms with van der Waals surface area (Å²) in [5, 5.41) is 12.0. The summed E-state index contributed by atoms with van der Waals surface area (Å²) in [6.45, 7) is 3.10. The lowest BCUT2D eigenvalue weighted by Crippen LogP contribution is -2.44. The van der Waals surface area contributed by atoms with Crippen LogP contribution in [0.15, 0.2) is 0 Å². The number of nitriles is 1. The zero-order valence-corrected chi connectivity index (χ0v) is 6.08. The molecule has 4 nitrogen and oxygen atoms in total. The minimum absolute atomic E-state index is 0.728. The minimum Gasteiger partial charge on any atom is -0.379 e. The van der Waals surface area contributed by atoms with E-state index in [4.69, 9.17) is 10.00 Å². The van der Waals surface area contributed by atoms with Crippen molar-refractivity contribution in [1.82, 2.24) is 10.0 Å². The fourth-order valence-corrected chi connectivity index (χ4v) is 0.917. The fourth-order valence-electron chi connectivity index (χ4n) is 0.917. The highest BCUT2D eigenvalue weighted by molar-refractivity contribution is 4.69. The Kier molecular flexibility index (Phi) is 2.49. The number of hydrazine groups is 1. The predicted octanol–water partition coefficient (Wildman–Crippen LogP) is -0.354.